The Balaban J connectivity index is 2.51. The quantitative estimate of drug-likeness (QED) is 0.852. The van der Waals surface area contributed by atoms with Gasteiger partial charge in [0.25, 0.3) is 0 Å². The van der Waals surface area contributed by atoms with E-state index in [0.29, 0.717) is 16.5 Å². The lowest BCUT2D eigenvalue weighted by molar-refractivity contribution is 0.415. The molecule has 5 heteroatoms. The van der Waals surface area contributed by atoms with Crippen molar-refractivity contribution in [2.75, 3.05) is 12.8 Å². The Bertz CT molecular complexity index is 482. The van der Waals surface area contributed by atoms with Gasteiger partial charge in [-0.25, -0.2) is 0 Å². The van der Waals surface area contributed by atoms with Gasteiger partial charge >= 0.3 is 0 Å². The van der Waals surface area contributed by atoms with Crippen LogP contribution in [-0.4, -0.2) is 12.3 Å². The number of ether oxygens (including phenoxy) is 1. The van der Waals surface area contributed by atoms with E-state index in [0.717, 1.165) is 5.56 Å². The molecule has 0 aliphatic rings. The molecule has 0 atom stereocenters. The van der Waals surface area contributed by atoms with Gasteiger partial charge in [-0.3, -0.25) is 0 Å². The molecule has 2 aromatic rings. The molecule has 0 spiro atoms. The Kier molecular flexibility index (Phi) is 2.51. The maximum atomic E-state index is 6.02. The second-order valence-corrected chi connectivity index (χ2v) is 3.37. The smallest absolute Gasteiger partial charge is 0.222 e. The number of nitrogen functional groups attached to an aromatic ring is 1. The van der Waals surface area contributed by atoms with Crippen LogP contribution < -0.4 is 10.5 Å². The molecule has 2 N–H and O–H groups in total. The molecule has 1 aromatic carbocycles. The van der Waals surface area contributed by atoms with Gasteiger partial charge in [0, 0.05) is 11.6 Å². The minimum atomic E-state index is 0.254. The van der Waals surface area contributed by atoms with E-state index in [1.165, 1.54) is 0 Å². The second kappa shape index (κ2) is 3.82. The standard InChI is InChI=1S/C10H9ClN2O2/c1-14-6-2-3-8(11)7(4-6)9-5-10(12)15-13-9/h2-5H,12H2,1H3. The van der Waals surface area contributed by atoms with Gasteiger partial charge in [0.2, 0.25) is 5.88 Å². The van der Waals surface area contributed by atoms with Crippen LogP contribution in [0, 0.1) is 0 Å². The molecule has 1 heterocycles. The molecule has 0 radical (unpaired) electrons. The fraction of sp³-hybridized carbons (Fsp3) is 0.100. The molecule has 0 fully saturated rings. The maximum Gasteiger partial charge on any atom is 0.222 e. The Hall–Kier alpha value is -1.68. The summed E-state index contributed by atoms with van der Waals surface area (Å²) in [6, 6.07) is 6.90. The van der Waals surface area contributed by atoms with Gasteiger partial charge in [-0.2, -0.15) is 0 Å². The van der Waals surface area contributed by atoms with E-state index >= 15 is 0 Å². The average Bonchev–Trinajstić information content (AvgIpc) is 2.65. The number of rotatable bonds is 2. The van der Waals surface area contributed by atoms with Crippen LogP contribution in [0.2, 0.25) is 5.02 Å². The van der Waals surface area contributed by atoms with Crippen molar-refractivity contribution < 1.29 is 9.26 Å². The van der Waals surface area contributed by atoms with Gasteiger partial charge in [-0.1, -0.05) is 16.8 Å². The van der Waals surface area contributed by atoms with Gasteiger partial charge in [0.1, 0.15) is 11.4 Å². The van der Waals surface area contributed by atoms with Crippen LogP contribution >= 0.6 is 11.6 Å². The number of nitrogens with two attached hydrogens (primary N) is 1. The van der Waals surface area contributed by atoms with Crippen LogP contribution in [0.15, 0.2) is 28.8 Å². The van der Waals surface area contributed by atoms with Crippen molar-refractivity contribution in [3.05, 3.63) is 29.3 Å². The normalized spacial score (nSPS) is 10.3. The Morgan fingerprint density at radius 3 is 2.80 bits per heavy atom. The lowest BCUT2D eigenvalue weighted by Gasteiger charge is -2.03. The van der Waals surface area contributed by atoms with E-state index in [-0.39, 0.29) is 5.88 Å². The van der Waals surface area contributed by atoms with Crippen molar-refractivity contribution in [3.63, 3.8) is 0 Å². The number of hydrogen-bond acceptors (Lipinski definition) is 4. The van der Waals surface area contributed by atoms with Crippen LogP contribution in [0.25, 0.3) is 11.3 Å². The third-order valence-electron chi connectivity index (χ3n) is 1.98. The van der Waals surface area contributed by atoms with Crippen molar-refractivity contribution in [1.29, 1.82) is 0 Å². The summed E-state index contributed by atoms with van der Waals surface area (Å²) in [6.07, 6.45) is 0. The predicted octanol–water partition coefficient (Wildman–Crippen LogP) is 2.59. The van der Waals surface area contributed by atoms with Crippen molar-refractivity contribution in [1.82, 2.24) is 5.16 Å². The SMILES string of the molecule is COc1ccc(Cl)c(-c2cc(N)on2)c1. The van der Waals surface area contributed by atoms with Crippen molar-refractivity contribution in [2.24, 2.45) is 0 Å². The number of nitrogens with zero attached hydrogens (tertiary/aromatic N) is 1. The van der Waals surface area contributed by atoms with E-state index in [4.69, 9.17) is 26.6 Å². The van der Waals surface area contributed by atoms with Crippen LogP contribution in [-0.2, 0) is 0 Å². The largest absolute Gasteiger partial charge is 0.497 e. The number of halogens is 1. The predicted molar refractivity (Wildman–Crippen MR) is 57.9 cm³/mol. The first-order valence-corrected chi connectivity index (χ1v) is 4.64. The fourth-order valence-electron chi connectivity index (χ4n) is 1.24. The van der Waals surface area contributed by atoms with E-state index in [1.807, 2.05) is 0 Å². The van der Waals surface area contributed by atoms with Crippen molar-refractivity contribution in [3.8, 4) is 17.0 Å². The summed E-state index contributed by atoms with van der Waals surface area (Å²) in [5.41, 5.74) is 6.76. The summed E-state index contributed by atoms with van der Waals surface area (Å²) in [5, 5.41) is 4.36. The molecular weight excluding hydrogens is 216 g/mol. The van der Waals surface area contributed by atoms with Gasteiger partial charge in [-0.15, -0.1) is 0 Å². The highest BCUT2D eigenvalue weighted by Gasteiger charge is 2.09. The van der Waals surface area contributed by atoms with E-state index in [1.54, 1.807) is 31.4 Å². The molecule has 4 nitrogen and oxygen atoms in total. The topological polar surface area (TPSA) is 61.3 Å². The highest BCUT2D eigenvalue weighted by atomic mass is 35.5. The van der Waals surface area contributed by atoms with E-state index in [9.17, 15) is 0 Å². The first kappa shape index (κ1) is 9.86. The van der Waals surface area contributed by atoms with Gasteiger partial charge in [0.05, 0.1) is 12.1 Å². The van der Waals surface area contributed by atoms with E-state index in [2.05, 4.69) is 5.16 Å². The number of anilines is 1. The molecular formula is C10H9ClN2O2. The molecule has 0 aliphatic carbocycles. The molecule has 2 rings (SSSR count). The monoisotopic (exact) mass is 224 g/mol. The Morgan fingerprint density at radius 2 is 2.20 bits per heavy atom. The molecule has 0 amide bonds. The Labute approximate surface area is 91.6 Å². The maximum absolute atomic E-state index is 6.02. The third-order valence-corrected chi connectivity index (χ3v) is 2.31. The first-order chi connectivity index (χ1) is 7.20. The number of aromatic nitrogens is 1. The van der Waals surface area contributed by atoms with Gasteiger partial charge in [0.15, 0.2) is 0 Å². The van der Waals surface area contributed by atoms with Crippen LogP contribution in [0.5, 0.6) is 5.75 Å². The first-order valence-electron chi connectivity index (χ1n) is 4.27. The molecule has 78 valence electrons. The average molecular weight is 225 g/mol. The molecule has 0 unspecified atom stereocenters. The summed E-state index contributed by atoms with van der Waals surface area (Å²) < 4.78 is 9.87. The Morgan fingerprint density at radius 1 is 1.40 bits per heavy atom. The summed E-state index contributed by atoms with van der Waals surface area (Å²) in [7, 11) is 1.59. The lowest BCUT2D eigenvalue weighted by Crippen LogP contribution is -1.85. The molecule has 0 saturated carbocycles. The minimum Gasteiger partial charge on any atom is -0.497 e. The highest BCUT2D eigenvalue weighted by molar-refractivity contribution is 6.33. The van der Waals surface area contributed by atoms with Crippen molar-refractivity contribution in [2.45, 2.75) is 0 Å². The summed E-state index contributed by atoms with van der Waals surface area (Å²) >= 11 is 6.02. The number of benzene rings is 1. The number of methoxy groups -OCH3 is 1. The molecule has 0 bridgehead atoms. The molecule has 0 aliphatic heterocycles. The van der Waals surface area contributed by atoms with Gasteiger partial charge < -0.3 is 15.0 Å². The highest BCUT2D eigenvalue weighted by Crippen LogP contribution is 2.31. The zero-order valence-electron chi connectivity index (χ0n) is 8.03. The molecule has 15 heavy (non-hydrogen) atoms. The zero-order valence-corrected chi connectivity index (χ0v) is 8.78. The summed E-state index contributed by atoms with van der Waals surface area (Å²) in [4.78, 5) is 0. The van der Waals surface area contributed by atoms with Crippen LogP contribution in [0.1, 0.15) is 0 Å². The van der Waals surface area contributed by atoms with Crippen molar-refractivity contribution >= 4 is 17.5 Å². The number of hydrogen-bond donors (Lipinski definition) is 1. The fourth-order valence-corrected chi connectivity index (χ4v) is 1.46. The van der Waals surface area contributed by atoms with Crippen LogP contribution in [0.3, 0.4) is 0 Å². The summed E-state index contributed by atoms with van der Waals surface area (Å²) in [5.74, 6) is 0.958. The second-order valence-electron chi connectivity index (χ2n) is 2.96. The van der Waals surface area contributed by atoms with Gasteiger partial charge in [-0.05, 0) is 18.2 Å². The minimum absolute atomic E-state index is 0.254. The zero-order chi connectivity index (χ0) is 10.8. The summed E-state index contributed by atoms with van der Waals surface area (Å²) in [6.45, 7) is 0. The third kappa shape index (κ3) is 1.89. The molecule has 0 saturated heterocycles. The molecule has 1 aromatic heterocycles. The lowest BCUT2D eigenvalue weighted by atomic mass is 10.1. The van der Waals surface area contributed by atoms with E-state index < -0.39 is 0 Å². The van der Waals surface area contributed by atoms with Crippen LogP contribution in [0.4, 0.5) is 5.88 Å².